The number of anilines is 1. The van der Waals surface area contributed by atoms with Crippen LogP contribution in [0.5, 0.6) is 5.75 Å². The quantitative estimate of drug-likeness (QED) is 0.290. The van der Waals surface area contributed by atoms with Gasteiger partial charge in [-0.1, -0.05) is 61.5 Å². The number of carbonyl (C=O) groups excluding carboxylic acids is 3. The van der Waals surface area contributed by atoms with Crippen LogP contribution in [0.25, 0.3) is 0 Å². The first kappa shape index (κ1) is 35.4. The van der Waals surface area contributed by atoms with Gasteiger partial charge in [-0.15, -0.1) is 6.58 Å². The number of phenols is 1. The van der Waals surface area contributed by atoms with Crippen LogP contribution >= 0.6 is 0 Å². The number of hydrogen-bond donors (Lipinski definition) is 2. The van der Waals surface area contributed by atoms with Gasteiger partial charge in [0.25, 0.3) is 0 Å². The number of amides is 4. The summed E-state index contributed by atoms with van der Waals surface area (Å²) in [6.45, 7) is 14.3. The molecule has 2 unspecified atom stereocenters. The summed E-state index contributed by atoms with van der Waals surface area (Å²) in [6.07, 6.45) is 1.14. The molecule has 1 aromatic heterocycles. The van der Waals surface area contributed by atoms with Crippen molar-refractivity contribution in [3.05, 3.63) is 102 Å². The highest BCUT2D eigenvalue weighted by molar-refractivity contribution is 5.91. The molecular formula is C39H49N9O4. The van der Waals surface area contributed by atoms with E-state index < -0.39 is 12.2 Å². The van der Waals surface area contributed by atoms with Gasteiger partial charge in [-0.2, -0.15) is 0 Å². The van der Waals surface area contributed by atoms with Crippen LogP contribution in [0.15, 0.2) is 85.5 Å². The second-order valence-electron chi connectivity index (χ2n) is 14.0. The number of nitrogens with zero attached hydrogens (tertiary/aromatic N) is 8. The highest BCUT2D eigenvalue weighted by atomic mass is 16.3. The van der Waals surface area contributed by atoms with Crippen LogP contribution in [0.4, 0.5) is 10.6 Å². The van der Waals surface area contributed by atoms with Crippen molar-refractivity contribution in [2.24, 2.45) is 0 Å². The summed E-state index contributed by atoms with van der Waals surface area (Å²) in [7, 11) is 0. The Hall–Kier alpha value is -4.98. The van der Waals surface area contributed by atoms with Gasteiger partial charge in [0.15, 0.2) is 0 Å². The largest absolute Gasteiger partial charge is 0.508 e. The van der Waals surface area contributed by atoms with Crippen molar-refractivity contribution in [2.45, 2.75) is 44.7 Å². The zero-order valence-electron chi connectivity index (χ0n) is 29.9. The fourth-order valence-electron chi connectivity index (χ4n) is 7.80. The number of hydrogen-bond acceptors (Lipinski definition) is 9. The molecule has 3 aromatic rings. The number of fused-ring (bicyclic) bond motifs is 1. The maximum Gasteiger partial charge on any atom is 0.334 e. The number of nitrogens with one attached hydrogen (secondary N) is 1. The maximum atomic E-state index is 14.4. The van der Waals surface area contributed by atoms with Gasteiger partial charge >= 0.3 is 6.03 Å². The summed E-state index contributed by atoms with van der Waals surface area (Å²) in [6, 6.07) is 21.5. The first-order valence-corrected chi connectivity index (χ1v) is 18.3. The summed E-state index contributed by atoms with van der Waals surface area (Å²) >= 11 is 0. The van der Waals surface area contributed by atoms with Gasteiger partial charge in [0.2, 0.25) is 11.8 Å². The second kappa shape index (κ2) is 15.7. The molecule has 2 atom stereocenters. The molecule has 4 saturated heterocycles. The van der Waals surface area contributed by atoms with E-state index in [-0.39, 0.29) is 56.2 Å². The average Bonchev–Trinajstić information content (AvgIpc) is 3.13. The Labute approximate surface area is 305 Å². The lowest BCUT2D eigenvalue weighted by molar-refractivity contribution is -0.189. The van der Waals surface area contributed by atoms with Crippen molar-refractivity contribution >= 4 is 23.7 Å². The highest BCUT2D eigenvalue weighted by Gasteiger charge is 2.51. The third kappa shape index (κ3) is 7.62. The molecule has 0 spiro atoms. The maximum absolute atomic E-state index is 14.4. The molecule has 13 heteroatoms. The minimum absolute atomic E-state index is 0.0741. The number of rotatable bonds is 11. The fraction of sp³-hybridized carbons (Fsp3) is 0.436. The van der Waals surface area contributed by atoms with Crippen molar-refractivity contribution in [1.82, 2.24) is 39.9 Å². The number of urea groups is 1. The first-order valence-electron chi connectivity index (χ1n) is 18.3. The number of benzene rings is 2. The van der Waals surface area contributed by atoms with Gasteiger partial charge in [0.05, 0.1) is 25.3 Å². The first-order chi connectivity index (χ1) is 25.3. The monoisotopic (exact) mass is 707 g/mol. The van der Waals surface area contributed by atoms with E-state index in [2.05, 4.69) is 33.5 Å². The Morgan fingerprint density at radius 3 is 2.40 bits per heavy atom. The highest BCUT2D eigenvalue weighted by Crippen LogP contribution is 2.30. The molecule has 4 amide bonds. The molecule has 4 aliphatic heterocycles. The van der Waals surface area contributed by atoms with Crippen LogP contribution in [0.2, 0.25) is 0 Å². The Morgan fingerprint density at radius 2 is 1.69 bits per heavy atom. The molecule has 52 heavy (non-hydrogen) atoms. The molecule has 0 saturated carbocycles. The molecule has 4 fully saturated rings. The number of carbonyl (C=O) groups is 3. The van der Waals surface area contributed by atoms with E-state index in [1.807, 2.05) is 48.5 Å². The predicted molar refractivity (Wildman–Crippen MR) is 198 cm³/mol. The fourth-order valence-corrected chi connectivity index (χ4v) is 7.80. The lowest BCUT2D eigenvalue weighted by atomic mass is 9.98. The number of pyridine rings is 1. The third-order valence-electron chi connectivity index (χ3n) is 10.7. The lowest BCUT2D eigenvalue weighted by Crippen LogP contribution is -2.76. The molecule has 0 aliphatic carbocycles. The number of piperazine rings is 2. The van der Waals surface area contributed by atoms with E-state index in [1.165, 1.54) is 0 Å². The molecule has 5 heterocycles. The van der Waals surface area contributed by atoms with Gasteiger partial charge in [-0.25, -0.2) is 19.8 Å². The predicted octanol–water partition coefficient (Wildman–Crippen LogP) is 2.35. The Kier molecular flexibility index (Phi) is 10.7. The number of phenolic OH excluding ortho intramolecular Hbond substituents is 1. The molecular weight excluding hydrogens is 658 g/mol. The van der Waals surface area contributed by atoms with Crippen molar-refractivity contribution < 1.29 is 19.5 Å². The zero-order chi connectivity index (χ0) is 36.2. The van der Waals surface area contributed by atoms with E-state index in [0.717, 1.165) is 68.5 Å². The second-order valence-corrected chi connectivity index (χ2v) is 14.0. The molecule has 2 aromatic carbocycles. The summed E-state index contributed by atoms with van der Waals surface area (Å²) in [5.41, 5.74) is 2.48. The van der Waals surface area contributed by atoms with E-state index >= 15 is 0 Å². The summed E-state index contributed by atoms with van der Waals surface area (Å²) in [5, 5.41) is 16.2. The summed E-state index contributed by atoms with van der Waals surface area (Å²) < 4.78 is 0. The van der Waals surface area contributed by atoms with Crippen LogP contribution in [0.1, 0.15) is 23.7 Å². The topological polar surface area (TPSA) is 119 Å². The van der Waals surface area contributed by atoms with Gasteiger partial charge in [0.1, 0.15) is 23.8 Å². The lowest BCUT2D eigenvalue weighted by Gasteiger charge is -2.55. The summed E-state index contributed by atoms with van der Waals surface area (Å²) in [5.74, 6) is 0.563. The molecule has 2 N–H and O–H groups in total. The minimum Gasteiger partial charge on any atom is -0.508 e. The molecule has 0 radical (unpaired) electrons. The van der Waals surface area contributed by atoms with Gasteiger partial charge in [-0.3, -0.25) is 14.5 Å². The molecule has 4 aliphatic rings. The Bertz CT molecular complexity index is 1730. The minimum atomic E-state index is -0.862. The van der Waals surface area contributed by atoms with E-state index in [0.29, 0.717) is 12.6 Å². The number of likely N-dealkylation sites (N-methyl/N-ethyl adjacent to an activating group) is 1. The third-order valence-corrected chi connectivity index (χ3v) is 10.7. The van der Waals surface area contributed by atoms with E-state index in [1.54, 1.807) is 50.2 Å². The SMILES string of the molecule is C=CCN1CC(=O)N2C(Cc3ccc(O)cc3)C(=O)N(Cc3cccc(N4CC(N5CCN(CC)CC5)C4)n3)CC2N1C(=O)NCc1ccccc1. The van der Waals surface area contributed by atoms with E-state index in [4.69, 9.17) is 4.98 Å². The summed E-state index contributed by atoms with van der Waals surface area (Å²) in [4.78, 5) is 58.1. The number of hydrazine groups is 1. The standard InChI is InChI=1S/C39H49N9O4/c1-3-17-46-28-37(50)47-34(22-29-13-15-33(49)16-14-29)38(51)45(27-36(47)48(46)39(52)40-23-30-9-6-5-7-10-30)24-31-11-8-12-35(41-31)44-25-32(26-44)43-20-18-42(4-2)19-21-43/h3,5-16,32,34,36,49H,1,4,17-28H2,2H3,(H,40,52). The van der Waals surface area contributed by atoms with E-state index in [9.17, 15) is 19.5 Å². The number of aromatic hydroxyl groups is 1. The normalized spacial score (nSPS) is 21.9. The molecule has 0 bridgehead atoms. The zero-order valence-corrected chi connectivity index (χ0v) is 29.9. The van der Waals surface area contributed by atoms with Crippen molar-refractivity contribution in [2.75, 3.05) is 70.3 Å². The van der Waals surface area contributed by atoms with Crippen molar-refractivity contribution in [3.63, 3.8) is 0 Å². The van der Waals surface area contributed by atoms with Crippen molar-refractivity contribution in [1.29, 1.82) is 0 Å². The molecule has 7 rings (SSSR count). The van der Waals surface area contributed by atoms with Crippen LogP contribution in [0, 0.1) is 0 Å². The van der Waals surface area contributed by atoms with Gasteiger partial charge in [0, 0.05) is 64.8 Å². The van der Waals surface area contributed by atoms with Gasteiger partial charge < -0.3 is 30.0 Å². The van der Waals surface area contributed by atoms with Gasteiger partial charge in [-0.05, 0) is 41.9 Å². The molecule has 13 nitrogen and oxygen atoms in total. The molecule has 274 valence electrons. The number of aromatic nitrogens is 1. The Balaban J connectivity index is 1.12. The van der Waals surface area contributed by atoms with Crippen LogP contribution in [-0.4, -0.2) is 141 Å². The van der Waals surface area contributed by atoms with Crippen LogP contribution in [-0.2, 0) is 29.1 Å². The Morgan fingerprint density at radius 1 is 0.942 bits per heavy atom. The van der Waals surface area contributed by atoms with Crippen LogP contribution < -0.4 is 10.2 Å². The van der Waals surface area contributed by atoms with Crippen molar-refractivity contribution in [3.8, 4) is 5.75 Å². The average molecular weight is 708 g/mol. The smallest absolute Gasteiger partial charge is 0.334 e. The van der Waals surface area contributed by atoms with Crippen LogP contribution in [0.3, 0.4) is 0 Å².